The Bertz CT molecular complexity index is 1560. The van der Waals surface area contributed by atoms with E-state index in [0.29, 0.717) is 43.3 Å². The van der Waals surface area contributed by atoms with Crippen molar-refractivity contribution in [2.24, 2.45) is 4.99 Å². The molecule has 3 aromatic rings. The monoisotopic (exact) mass is 576 g/mol. The van der Waals surface area contributed by atoms with Crippen molar-refractivity contribution in [2.75, 3.05) is 31.6 Å². The average molecular weight is 577 g/mol. The van der Waals surface area contributed by atoms with Gasteiger partial charge in [-0.2, -0.15) is 0 Å². The van der Waals surface area contributed by atoms with Crippen LogP contribution in [0.5, 0.6) is 5.75 Å². The number of phenols is 1. The van der Waals surface area contributed by atoms with Crippen LogP contribution in [0.15, 0.2) is 54.2 Å². The Balaban J connectivity index is 1.97. The number of amides is 2. The number of piperazine rings is 1. The zero-order chi connectivity index (χ0) is 30.7. The van der Waals surface area contributed by atoms with Crippen LogP contribution < -0.4 is 4.90 Å². The number of rotatable bonds is 7. The minimum absolute atomic E-state index is 0.0282. The van der Waals surface area contributed by atoms with Gasteiger partial charge >= 0.3 is 0 Å². The van der Waals surface area contributed by atoms with E-state index in [2.05, 4.69) is 21.5 Å². The van der Waals surface area contributed by atoms with Gasteiger partial charge in [-0.05, 0) is 55.7 Å². The van der Waals surface area contributed by atoms with Crippen molar-refractivity contribution in [3.05, 3.63) is 77.6 Å². The van der Waals surface area contributed by atoms with E-state index < -0.39 is 17.4 Å². The molecule has 3 heterocycles. The van der Waals surface area contributed by atoms with Gasteiger partial charge in [-0.1, -0.05) is 26.5 Å². The van der Waals surface area contributed by atoms with Gasteiger partial charge in [0, 0.05) is 44.5 Å². The lowest BCUT2D eigenvalue weighted by atomic mass is 10.0. The second-order valence-electron chi connectivity index (χ2n) is 10.4. The fraction of sp³-hybridized carbons (Fsp3) is 0.323. The second-order valence-corrected chi connectivity index (χ2v) is 10.4. The fourth-order valence-electron chi connectivity index (χ4n) is 5.24. The number of anilines is 2. The van der Waals surface area contributed by atoms with Crippen molar-refractivity contribution in [2.45, 2.75) is 39.7 Å². The summed E-state index contributed by atoms with van der Waals surface area (Å²) in [5.74, 6) is -2.43. The van der Waals surface area contributed by atoms with E-state index in [1.54, 1.807) is 24.2 Å². The molecular weight excluding hydrogens is 542 g/mol. The number of aliphatic imine (C=N–C) groups is 1. The highest BCUT2D eigenvalue weighted by atomic mass is 19.1. The molecule has 1 unspecified atom stereocenters. The number of nitrogens with zero attached hydrogens (tertiary/aromatic N) is 6. The molecule has 1 aliphatic heterocycles. The van der Waals surface area contributed by atoms with Gasteiger partial charge in [-0.25, -0.2) is 13.8 Å². The van der Waals surface area contributed by atoms with Crippen LogP contribution in [0.25, 0.3) is 11.3 Å². The van der Waals surface area contributed by atoms with Gasteiger partial charge in [0.15, 0.2) is 23.2 Å². The predicted molar refractivity (Wildman–Crippen MR) is 158 cm³/mol. The summed E-state index contributed by atoms with van der Waals surface area (Å²) in [7, 11) is 1.55. The smallest absolute Gasteiger partial charge is 0.246 e. The van der Waals surface area contributed by atoms with Crippen molar-refractivity contribution in [3.63, 3.8) is 0 Å². The van der Waals surface area contributed by atoms with E-state index >= 15 is 4.39 Å². The first kappa shape index (κ1) is 30.3. The molecule has 9 nitrogen and oxygen atoms in total. The van der Waals surface area contributed by atoms with E-state index in [9.17, 15) is 19.1 Å². The number of halogens is 2. The molecule has 1 N–H and O–H groups in total. The number of pyridine rings is 2. The Morgan fingerprint density at radius 3 is 2.60 bits per heavy atom. The Morgan fingerprint density at radius 1 is 1.24 bits per heavy atom. The quantitative estimate of drug-likeness (QED) is 0.185. The van der Waals surface area contributed by atoms with Crippen LogP contribution in [-0.2, 0) is 9.59 Å². The van der Waals surface area contributed by atoms with E-state index in [-0.39, 0.29) is 40.5 Å². The molecule has 1 aromatic carbocycles. The van der Waals surface area contributed by atoms with Gasteiger partial charge in [-0.15, -0.1) is 0 Å². The van der Waals surface area contributed by atoms with Crippen LogP contribution in [-0.4, -0.2) is 75.8 Å². The van der Waals surface area contributed by atoms with Gasteiger partial charge in [-0.3, -0.25) is 24.5 Å². The van der Waals surface area contributed by atoms with E-state index in [4.69, 9.17) is 0 Å². The molecular formula is C31H34F2N6O3. The topological polar surface area (TPSA) is 102 Å². The molecule has 0 saturated carbocycles. The number of benzene rings is 1. The molecule has 0 bridgehead atoms. The van der Waals surface area contributed by atoms with Crippen molar-refractivity contribution in [3.8, 4) is 17.0 Å². The molecule has 11 heteroatoms. The predicted octanol–water partition coefficient (Wildman–Crippen LogP) is 4.95. The van der Waals surface area contributed by atoms with Crippen LogP contribution in [0.1, 0.15) is 43.5 Å². The average Bonchev–Trinajstić information content (AvgIpc) is 2.97. The highest BCUT2D eigenvalue weighted by Gasteiger charge is 2.33. The zero-order valence-corrected chi connectivity index (χ0v) is 24.3. The van der Waals surface area contributed by atoms with Crippen molar-refractivity contribution in [1.29, 1.82) is 0 Å². The number of phenolic OH excluding ortho intramolecular Hbond substituents is 1. The highest BCUT2D eigenvalue weighted by Crippen LogP contribution is 2.39. The third-order valence-electron chi connectivity index (χ3n) is 7.31. The maximum Gasteiger partial charge on any atom is 0.246 e. The molecule has 1 atom stereocenters. The summed E-state index contributed by atoms with van der Waals surface area (Å²) >= 11 is 0. The SMILES string of the molecule is C=CC(=O)N1CCN(C(=NC)c2cc(F)c(-c3cccc(F)c3O)nc2N(C=O)c2c(C)ccnc2C(C)C)C(C)C1. The number of carbonyl (C=O) groups excluding carboxylic acids is 2. The molecule has 2 amide bonds. The van der Waals surface area contributed by atoms with Gasteiger partial charge in [0.05, 0.1) is 16.9 Å². The van der Waals surface area contributed by atoms with Crippen molar-refractivity contribution in [1.82, 2.24) is 19.8 Å². The first-order chi connectivity index (χ1) is 20.0. The minimum Gasteiger partial charge on any atom is -0.504 e. The fourth-order valence-corrected chi connectivity index (χ4v) is 5.24. The molecule has 2 aromatic heterocycles. The molecule has 4 rings (SSSR count). The molecule has 1 saturated heterocycles. The van der Waals surface area contributed by atoms with Gasteiger partial charge < -0.3 is 14.9 Å². The summed E-state index contributed by atoms with van der Waals surface area (Å²) in [5, 5.41) is 10.4. The number of carbonyl (C=O) groups is 2. The summed E-state index contributed by atoms with van der Waals surface area (Å²) in [5.41, 5.74) is 1.52. The van der Waals surface area contributed by atoms with E-state index in [0.717, 1.165) is 11.6 Å². The van der Waals surface area contributed by atoms with Crippen LogP contribution in [0.3, 0.4) is 0 Å². The lowest BCUT2D eigenvalue weighted by Crippen LogP contribution is -2.55. The third-order valence-corrected chi connectivity index (χ3v) is 7.31. The second kappa shape index (κ2) is 12.5. The van der Waals surface area contributed by atoms with Crippen LogP contribution in [0.4, 0.5) is 20.3 Å². The Kier molecular flexibility index (Phi) is 8.99. The largest absolute Gasteiger partial charge is 0.504 e. The number of hydrogen-bond acceptors (Lipinski definition) is 6. The summed E-state index contributed by atoms with van der Waals surface area (Å²) in [6.07, 6.45) is 3.49. The van der Waals surface area contributed by atoms with E-state index in [1.165, 1.54) is 29.2 Å². The summed E-state index contributed by atoms with van der Waals surface area (Å²) in [6, 6.07) is 6.46. The number of aryl methyl sites for hydroxylation is 1. The number of aromatic nitrogens is 2. The van der Waals surface area contributed by atoms with Gasteiger partial charge in [0.1, 0.15) is 11.5 Å². The standard InChI is InChI=1S/C31H34F2N6O3/c1-7-25(41)37-13-14-38(20(5)16-37)30(34-6)22-15-24(33)27(21-9-8-10-23(32)29(21)42)36-31(22)39(17-40)28-19(4)11-12-35-26(28)18(2)3/h7-12,15,17-18,20,42H,1,13-14,16H2,2-6H3. The number of para-hydroxylation sites is 1. The molecule has 0 aliphatic carbocycles. The summed E-state index contributed by atoms with van der Waals surface area (Å²) in [6.45, 7) is 12.3. The first-order valence-electron chi connectivity index (χ1n) is 13.6. The maximum absolute atomic E-state index is 15.9. The minimum atomic E-state index is -0.937. The molecule has 220 valence electrons. The highest BCUT2D eigenvalue weighted by molar-refractivity contribution is 6.07. The molecule has 0 spiro atoms. The molecule has 1 fully saturated rings. The van der Waals surface area contributed by atoms with Crippen molar-refractivity contribution >= 4 is 29.7 Å². The Morgan fingerprint density at radius 2 is 1.98 bits per heavy atom. The molecule has 0 radical (unpaired) electrons. The first-order valence-corrected chi connectivity index (χ1v) is 13.6. The van der Waals surface area contributed by atoms with E-state index in [1.807, 2.05) is 32.6 Å². The lowest BCUT2D eigenvalue weighted by molar-refractivity contribution is -0.128. The van der Waals surface area contributed by atoms with Crippen LogP contribution >= 0.6 is 0 Å². The zero-order valence-electron chi connectivity index (χ0n) is 24.3. The summed E-state index contributed by atoms with van der Waals surface area (Å²) in [4.78, 5) is 43.6. The summed E-state index contributed by atoms with van der Waals surface area (Å²) < 4.78 is 30.2. The lowest BCUT2D eigenvalue weighted by Gasteiger charge is -2.41. The van der Waals surface area contributed by atoms with Crippen LogP contribution in [0.2, 0.25) is 0 Å². The third kappa shape index (κ3) is 5.59. The normalized spacial score (nSPS) is 15.6. The van der Waals surface area contributed by atoms with Crippen LogP contribution in [0, 0.1) is 18.6 Å². The van der Waals surface area contributed by atoms with Crippen molar-refractivity contribution < 1.29 is 23.5 Å². The number of hydrogen-bond donors (Lipinski definition) is 1. The molecule has 1 aliphatic rings. The van der Waals surface area contributed by atoms with Gasteiger partial charge in [0.25, 0.3) is 0 Å². The number of aromatic hydroxyl groups is 1. The Hall–Kier alpha value is -4.67. The maximum atomic E-state index is 15.9. The number of amidine groups is 1. The molecule has 42 heavy (non-hydrogen) atoms. The van der Waals surface area contributed by atoms with Gasteiger partial charge in [0.2, 0.25) is 12.3 Å². The Labute approximate surface area is 243 Å².